The van der Waals surface area contributed by atoms with Crippen LogP contribution in [0.2, 0.25) is 0 Å². The summed E-state index contributed by atoms with van der Waals surface area (Å²) in [4.78, 5) is 26.8. The van der Waals surface area contributed by atoms with Gasteiger partial charge in [0.15, 0.2) is 6.10 Å². The van der Waals surface area contributed by atoms with Crippen LogP contribution in [0, 0.1) is 0 Å². The number of anilines is 1. The van der Waals surface area contributed by atoms with Crippen LogP contribution in [-0.2, 0) is 24.4 Å². The monoisotopic (exact) mass is 485 g/mol. The third kappa shape index (κ3) is 4.63. The predicted octanol–water partition coefficient (Wildman–Crippen LogP) is 1.27. The molecule has 0 N–H and O–H groups in total. The molecule has 2 aromatic rings. The third-order valence-electron chi connectivity index (χ3n) is 6.31. The number of nitrogens with zero attached hydrogens (tertiary/aromatic N) is 5. The molecule has 2 fully saturated rings. The predicted molar refractivity (Wildman–Crippen MR) is 125 cm³/mol. The maximum absolute atomic E-state index is 12.9. The fourth-order valence-electron chi connectivity index (χ4n) is 4.32. The summed E-state index contributed by atoms with van der Waals surface area (Å²) in [6.07, 6.45) is 1.65. The first-order chi connectivity index (χ1) is 16.5. The second kappa shape index (κ2) is 9.69. The summed E-state index contributed by atoms with van der Waals surface area (Å²) >= 11 is 0. The van der Waals surface area contributed by atoms with Crippen molar-refractivity contribution in [2.24, 2.45) is 5.16 Å². The largest absolute Gasteiger partial charge is 0.387 e. The van der Waals surface area contributed by atoms with Gasteiger partial charge in [-0.3, -0.25) is 4.79 Å². The molecule has 1 amide bonds. The van der Waals surface area contributed by atoms with Crippen molar-refractivity contribution < 1.29 is 22.8 Å². The highest BCUT2D eigenvalue weighted by Crippen LogP contribution is 2.28. The zero-order chi connectivity index (χ0) is 23.5. The Morgan fingerprint density at radius 2 is 1.68 bits per heavy atom. The Balaban J connectivity index is 1.16. The van der Waals surface area contributed by atoms with E-state index >= 15 is 0 Å². The number of ether oxygens (including phenoxy) is 1. The minimum absolute atomic E-state index is 0.0991. The van der Waals surface area contributed by atoms with Gasteiger partial charge in [0.05, 0.1) is 13.2 Å². The highest BCUT2D eigenvalue weighted by molar-refractivity contribution is 7.89. The number of morpholine rings is 1. The zero-order valence-corrected chi connectivity index (χ0v) is 19.6. The van der Waals surface area contributed by atoms with E-state index in [1.165, 1.54) is 10.5 Å². The summed E-state index contributed by atoms with van der Waals surface area (Å²) in [6, 6.07) is 13.1. The van der Waals surface area contributed by atoms with E-state index in [1.807, 2.05) is 30.3 Å². The molecule has 0 bridgehead atoms. The van der Waals surface area contributed by atoms with Gasteiger partial charge in [-0.05, 0) is 17.7 Å². The Morgan fingerprint density at radius 3 is 2.35 bits per heavy atom. The lowest BCUT2D eigenvalue weighted by Gasteiger charge is -2.35. The summed E-state index contributed by atoms with van der Waals surface area (Å²) in [6.45, 7) is 3.77. The fourth-order valence-corrected chi connectivity index (χ4v) is 5.67. The number of benzene rings is 1. The molecule has 2 saturated heterocycles. The SMILES string of the molecule is O=C(C1=NO[C@H](c2ccccc2)C1)N1CCN(c2ccc(S(=O)(=O)N3CCOCC3)cn2)CC1. The first kappa shape index (κ1) is 22.8. The Kier molecular flexibility index (Phi) is 6.48. The van der Waals surface area contributed by atoms with Crippen molar-refractivity contribution in [1.29, 1.82) is 0 Å². The molecule has 3 aliphatic heterocycles. The fraction of sp³-hybridized carbons (Fsp3) is 0.435. The Morgan fingerprint density at radius 1 is 0.941 bits per heavy atom. The molecule has 0 saturated carbocycles. The molecule has 180 valence electrons. The highest BCUT2D eigenvalue weighted by Gasteiger charge is 2.32. The van der Waals surface area contributed by atoms with Crippen molar-refractivity contribution in [3.05, 3.63) is 54.2 Å². The maximum atomic E-state index is 12.9. The number of hydrogen-bond acceptors (Lipinski definition) is 8. The number of amides is 1. The summed E-state index contributed by atoms with van der Waals surface area (Å²) in [7, 11) is -3.57. The van der Waals surface area contributed by atoms with Crippen molar-refractivity contribution in [2.75, 3.05) is 57.4 Å². The van der Waals surface area contributed by atoms with Gasteiger partial charge in [0.2, 0.25) is 10.0 Å². The minimum atomic E-state index is -3.57. The van der Waals surface area contributed by atoms with Crippen LogP contribution in [0.1, 0.15) is 18.1 Å². The number of hydrogen-bond donors (Lipinski definition) is 0. The Hall–Kier alpha value is -3.02. The number of sulfonamides is 1. The van der Waals surface area contributed by atoms with Crippen LogP contribution in [0.4, 0.5) is 5.82 Å². The number of rotatable bonds is 5. The molecule has 5 rings (SSSR count). The van der Waals surface area contributed by atoms with E-state index in [0.29, 0.717) is 70.4 Å². The Bertz CT molecular complexity index is 1140. The van der Waals surface area contributed by atoms with Crippen molar-refractivity contribution in [2.45, 2.75) is 17.4 Å². The number of oxime groups is 1. The molecular formula is C23H27N5O5S. The van der Waals surface area contributed by atoms with Crippen LogP contribution in [-0.4, -0.2) is 86.7 Å². The topological polar surface area (TPSA) is 105 Å². The minimum Gasteiger partial charge on any atom is -0.387 e. The van der Waals surface area contributed by atoms with Crippen LogP contribution in [0.5, 0.6) is 0 Å². The van der Waals surface area contributed by atoms with E-state index < -0.39 is 10.0 Å². The van der Waals surface area contributed by atoms with E-state index in [1.54, 1.807) is 17.0 Å². The van der Waals surface area contributed by atoms with E-state index in [4.69, 9.17) is 9.57 Å². The second-order valence-corrected chi connectivity index (χ2v) is 10.3. The molecule has 1 atom stereocenters. The molecule has 34 heavy (non-hydrogen) atoms. The lowest BCUT2D eigenvalue weighted by atomic mass is 10.0. The average Bonchev–Trinajstić information content (AvgIpc) is 3.40. The second-order valence-electron chi connectivity index (χ2n) is 8.39. The van der Waals surface area contributed by atoms with E-state index in [9.17, 15) is 13.2 Å². The van der Waals surface area contributed by atoms with Crippen LogP contribution in [0.15, 0.2) is 58.7 Å². The number of carbonyl (C=O) groups is 1. The van der Waals surface area contributed by atoms with E-state index in [2.05, 4.69) is 15.0 Å². The van der Waals surface area contributed by atoms with Gasteiger partial charge >= 0.3 is 0 Å². The number of piperazine rings is 1. The van der Waals surface area contributed by atoms with Crippen molar-refractivity contribution >= 4 is 27.5 Å². The van der Waals surface area contributed by atoms with Gasteiger partial charge in [-0.25, -0.2) is 13.4 Å². The zero-order valence-electron chi connectivity index (χ0n) is 18.7. The lowest BCUT2D eigenvalue weighted by Crippen LogP contribution is -2.50. The van der Waals surface area contributed by atoms with Crippen LogP contribution < -0.4 is 4.90 Å². The van der Waals surface area contributed by atoms with Crippen LogP contribution in [0.25, 0.3) is 0 Å². The van der Waals surface area contributed by atoms with E-state index in [-0.39, 0.29) is 16.9 Å². The van der Waals surface area contributed by atoms with Gasteiger partial charge in [0.25, 0.3) is 5.91 Å². The van der Waals surface area contributed by atoms with Gasteiger partial charge in [-0.15, -0.1) is 0 Å². The normalized spacial score (nSPS) is 21.8. The lowest BCUT2D eigenvalue weighted by molar-refractivity contribution is -0.124. The first-order valence-corrected chi connectivity index (χ1v) is 12.8. The van der Waals surface area contributed by atoms with Gasteiger partial charge < -0.3 is 19.4 Å². The molecule has 1 aromatic heterocycles. The van der Waals surface area contributed by atoms with Crippen LogP contribution >= 0.6 is 0 Å². The molecule has 0 spiro atoms. The summed E-state index contributed by atoms with van der Waals surface area (Å²) in [5, 5.41) is 4.05. The number of pyridine rings is 1. The molecule has 1 aromatic carbocycles. The van der Waals surface area contributed by atoms with Crippen LogP contribution in [0.3, 0.4) is 0 Å². The first-order valence-electron chi connectivity index (χ1n) is 11.4. The molecular weight excluding hydrogens is 458 g/mol. The van der Waals surface area contributed by atoms with Gasteiger partial charge in [-0.1, -0.05) is 35.5 Å². The Labute approximate surface area is 198 Å². The third-order valence-corrected chi connectivity index (χ3v) is 8.19. The average molecular weight is 486 g/mol. The quantitative estimate of drug-likeness (QED) is 0.628. The number of aromatic nitrogens is 1. The standard InChI is InChI=1S/C23H27N5O5S/c29-23(20-16-21(33-25-20)18-4-2-1-3-5-18)27-10-8-26(9-11-27)22-7-6-19(17-24-22)34(30,31)28-12-14-32-15-13-28/h1-7,17,21H,8-16H2/t21-/m0/s1. The smallest absolute Gasteiger partial charge is 0.271 e. The van der Waals surface area contributed by atoms with Gasteiger partial charge in [0.1, 0.15) is 16.4 Å². The molecule has 0 unspecified atom stereocenters. The molecule has 3 aliphatic rings. The van der Waals surface area contributed by atoms with Crippen molar-refractivity contribution in [1.82, 2.24) is 14.2 Å². The molecule has 0 aliphatic carbocycles. The summed E-state index contributed by atoms with van der Waals surface area (Å²) in [5.41, 5.74) is 1.45. The van der Waals surface area contributed by atoms with Crippen molar-refractivity contribution in [3.8, 4) is 0 Å². The van der Waals surface area contributed by atoms with Gasteiger partial charge in [0, 0.05) is 51.9 Å². The summed E-state index contributed by atoms with van der Waals surface area (Å²) < 4.78 is 32.2. The van der Waals surface area contributed by atoms with Gasteiger partial charge in [-0.2, -0.15) is 4.31 Å². The molecule has 10 nitrogen and oxygen atoms in total. The molecule has 4 heterocycles. The van der Waals surface area contributed by atoms with E-state index in [0.717, 1.165) is 5.56 Å². The number of carbonyl (C=O) groups excluding carboxylic acids is 1. The molecule has 0 radical (unpaired) electrons. The highest BCUT2D eigenvalue weighted by atomic mass is 32.2. The maximum Gasteiger partial charge on any atom is 0.271 e. The summed E-state index contributed by atoms with van der Waals surface area (Å²) in [5.74, 6) is 0.594. The van der Waals surface area contributed by atoms with Crippen molar-refractivity contribution in [3.63, 3.8) is 0 Å². The molecule has 11 heteroatoms.